The van der Waals surface area contributed by atoms with Crippen LogP contribution in [0.25, 0.3) is 11.0 Å². The Kier molecular flexibility index (Phi) is 5.30. The molecule has 4 heterocycles. The number of carbonyl (C=O) groups excluding carboxylic acids is 2. The topological polar surface area (TPSA) is 110 Å². The predicted octanol–water partition coefficient (Wildman–Crippen LogP) is 3.69. The predicted molar refractivity (Wildman–Crippen MR) is 136 cm³/mol. The molecule has 182 valence electrons. The number of aromatic nitrogens is 2. The molecule has 0 saturated carbocycles. The van der Waals surface area contributed by atoms with Gasteiger partial charge in [-0.25, -0.2) is 9.98 Å². The minimum atomic E-state index is -0.714. The summed E-state index contributed by atoms with van der Waals surface area (Å²) in [5, 5.41) is 1.27. The first-order valence-electron chi connectivity index (χ1n) is 11.7. The highest BCUT2D eigenvalue weighted by Crippen LogP contribution is 2.34. The second-order valence-electron chi connectivity index (χ2n) is 8.91. The smallest absolute Gasteiger partial charge is 0.284 e. The number of rotatable bonds is 6. The molecule has 2 aliphatic rings. The summed E-state index contributed by atoms with van der Waals surface area (Å²) < 4.78 is 7.02. The Labute approximate surface area is 211 Å². The number of benzene rings is 2. The summed E-state index contributed by atoms with van der Waals surface area (Å²) >= 11 is 6.41. The molecule has 9 nitrogen and oxygen atoms in total. The molecule has 2 aromatic carbocycles. The Morgan fingerprint density at radius 1 is 1.19 bits per heavy atom. The van der Waals surface area contributed by atoms with E-state index in [2.05, 4.69) is 17.1 Å². The number of nitrogens with zero attached hydrogens (tertiary/aromatic N) is 5. The van der Waals surface area contributed by atoms with E-state index in [4.69, 9.17) is 26.7 Å². The van der Waals surface area contributed by atoms with E-state index in [9.17, 15) is 9.59 Å². The van der Waals surface area contributed by atoms with Crippen molar-refractivity contribution in [2.75, 3.05) is 18.0 Å². The Hall–Kier alpha value is -4.11. The third-order valence-electron chi connectivity index (χ3n) is 6.58. The van der Waals surface area contributed by atoms with Crippen LogP contribution in [0.1, 0.15) is 39.2 Å². The number of nitrogens with two attached hydrogens (primary N) is 1. The summed E-state index contributed by atoms with van der Waals surface area (Å²) in [6, 6.07) is 15.5. The number of amides is 2. The maximum absolute atomic E-state index is 13.7. The van der Waals surface area contributed by atoms with Gasteiger partial charge in [-0.1, -0.05) is 41.9 Å². The highest BCUT2D eigenvalue weighted by Gasteiger charge is 2.44. The number of imidazole rings is 1. The lowest BCUT2D eigenvalue weighted by Crippen LogP contribution is -2.50. The van der Waals surface area contributed by atoms with Gasteiger partial charge in [0.1, 0.15) is 0 Å². The molecule has 0 saturated heterocycles. The van der Waals surface area contributed by atoms with Crippen LogP contribution in [0, 0.1) is 0 Å². The van der Waals surface area contributed by atoms with E-state index in [1.807, 2.05) is 42.2 Å². The molecule has 4 aromatic rings. The normalized spacial score (nSPS) is 16.9. The Bertz CT molecular complexity index is 1540. The summed E-state index contributed by atoms with van der Waals surface area (Å²) in [6.07, 6.45) is 2.30. The third kappa shape index (κ3) is 3.54. The molecule has 0 fully saturated rings. The maximum Gasteiger partial charge on any atom is 0.284 e. The molecule has 2 N–H and O–H groups in total. The van der Waals surface area contributed by atoms with Crippen LogP contribution in [0.3, 0.4) is 0 Å². The van der Waals surface area contributed by atoms with E-state index >= 15 is 0 Å². The minimum Gasteiger partial charge on any atom is -0.463 e. The highest BCUT2D eigenvalue weighted by atomic mass is 35.5. The van der Waals surface area contributed by atoms with Crippen LogP contribution in [0.2, 0.25) is 5.02 Å². The number of hydrogen-bond acceptors (Lipinski definition) is 6. The molecule has 1 atom stereocenters. The Morgan fingerprint density at radius 2 is 2.00 bits per heavy atom. The lowest BCUT2D eigenvalue weighted by Gasteiger charge is -2.33. The van der Waals surface area contributed by atoms with Gasteiger partial charge in [0, 0.05) is 11.9 Å². The van der Waals surface area contributed by atoms with Gasteiger partial charge in [-0.15, -0.1) is 0 Å². The summed E-state index contributed by atoms with van der Waals surface area (Å²) in [4.78, 5) is 39.1. The average Bonchev–Trinajstić information content (AvgIpc) is 3.58. The number of furan rings is 1. The molecular formula is C26H23ClN6O3. The molecule has 0 aliphatic carbocycles. The first-order valence-corrected chi connectivity index (χ1v) is 12.1. The summed E-state index contributed by atoms with van der Waals surface area (Å²) in [5.74, 6) is -0.00376. The number of guanidine groups is 1. The average molecular weight is 503 g/mol. The number of halogens is 1. The first kappa shape index (κ1) is 22.4. The number of aliphatic imine (C=N–C) groups is 1. The van der Waals surface area contributed by atoms with Crippen LogP contribution >= 0.6 is 11.6 Å². The van der Waals surface area contributed by atoms with E-state index in [0.29, 0.717) is 41.2 Å². The minimum absolute atomic E-state index is 0.0144. The SMILES string of the molecule is CCN1C(=O)c2c(nc(C(N)=O)n2Cc2cc(Cl)c3occc3c2)N2C[C@@H](Cc3ccccc3)N=C12. The zero-order valence-corrected chi connectivity index (χ0v) is 20.3. The highest BCUT2D eigenvalue weighted by molar-refractivity contribution is 6.34. The number of fused-ring (bicyclic) bond motifs is 4. The van der Waals surface area contributed by atoms with E-state index in [1.165, 1.54) is 0 Å². The molecule has 2 aromatic heterocycles. The standard InChI is InChI=1S/C26H23ClN6O3/c1-2-31-25(35)20-23(33-14-18(29-26(31)33)11-15-6-4-3-5-7-15)30-24(22(28)34)32(20)13-16-10-17-8-9-36-21(17)19(27)12-16/h3-10,12,18H,2,11,13-14H2,1H3,(H2,28,34)/t18-/m1/s1. The monoisotopic (exact) mass is 502 g/mol. The summed E-state index contributed by atoms with van der Waals surface area (Å²) in [6.45, 7) is 3.06. The zero-order chi connectivity index (χ0) is 25.0. The molecule has 0 bridgehead atoms. The zero-order valence-electron chi connectivity index (χ0n) is 19.5. The van der Waals surface area contributed by atoms with Crippen molar-refractivity contribution in [3.8, 4) is 0 Å². The van der Waals surface area contributed by atoms with E-state index in [0.717, 1.165) is 22.9 Å². The third-order valence-corrected chi connectivity index (χ3v) is 6.86. The lowest BCUT2D eigenvalue weighted by molar-refractivity contribution is 0.0836. The van der Waals surface area contributed by atoms with Crippen LogP contribution in [0.4, 0.5) is 5.82 Å². The van der Waals surface area contributed by atoms with E-state index in [-0.39, 0.29) is 24.3 Å². The quantitative estimate of drug-likeness (QED) is 0.432. The maximum atomic E-state index is 13.7. The van der Waals surface area contributed by atoms with Crippen LogP contribution in [-0.2, 0) is 13.0 Å². The second kappa shape index (κ2) is 8.53. The molecule has 10 heteroatoms. The van der Waals surface area contributed by atoms with Crippen molar-refractivity contribution >= 4 is 46.2 Å². The van der Waals surface area contributed by atoms with Gasteiger partial charge in [-0.2, -0.15) is 0 Å². The van der Waals surface area contributed by atoms with Crippen LogP contribution in [0.5, 0.6) is 0 Å². The Balaban J connectivity index is 1.42. The van der Waals surface area contributed by atoms with Crippen molar-refractivity contribution in [1.29, 1.82) is 0 Å². The van der Waals surface area contributed by atoms with Crippen molar-refractivity contribution < 1.29 is 14.0 Å². The molecule has 0 unspecified atom stereocenters. The summed E-state index contributed by atoms with van der Waals surface area (Å²) in [5.41, 5.74) is 8.57. The van der Waals surface area contributed by atoms with Crippen molar-refractivity contribution in [3.05, 3.63) is 82.5 Å². The fraction of sp³-hybridized carbons (Fsp3) is 0.231. The molecule has 0 spiro atoms. The van der Waals surface area contributed by atoms with Crippen molar-refractivity contribution in [2.24, 2.45) is 10.7 Å². The van der Waals surface area contributed by atoms with Crippen LogP contribution < -0.4 is 10.6 Å². The Morgan fingerprint density at radius 3 is 2.75 bits per heavy atom. The number of anilines is 1. The van der Waals surface area contributed by atoms with Gasteiger partial charge in [0.2, 0.25) is 11.8 Å². The van der Waals surface area contributed by atoms with Gasteiger partial charge in [0.05, 0.1) is 30.4 Å². The molecular weight excluding hydrogens is 480 g/mol. The van der Waals surface area contributed by atoms with Gasteiger partial charge in [0.15, 0.2) is 17.1 Å². The van der Waals surface area contributed by atoms with Gasteiger partial charge < -0.3 is 14.7 Å². The number of carbonyl (C=O) groups is 2. The largest absolute Gasteiger partial charge is 0.463 e. The fourth-order valence-electron chi connectivity index (χ4n) is 5.01. The summed E-state index contributed by atoms with van der Waals surface area (Å²) in [7, 11) is 0. The van der Waals surface area contributed by atoms with Crippen molar-refractivity contribution in [2.45, 2.75) is 25.9 Å². The van der Waals surface area contributed by atoms with Crippen LogP contribution in [0.15, 0.2) is 64.2 Å². The molecule has 6 rings (SSSR count). The van der Waals surface area contributed by atoms with E-state index < -0.39 is 5.91 Å². The first-order chi connectivity index (χ1) is 17.4. The van der Waals surface area contributed by atoms with E-state index in [1.54, 1.807) is 21.8 Å². The van der Waals surface area contributed by atoms with Gasteiger partial charge >= 0.3 is 0 Å². The number of hydrogen-bond donors (Lipinski definition) is 1. The molecule has 2 aliphatic heterocycles. The van der Waals surface area contributed by atoms with Gasteiger partial charge in [-0.05, 0) is 42.7 Å². The van der Waals surface area contributed by atoms with Gasteiger partial charge in [-0.3, -0.25) is 19.4 Å². The van der Waals surface area contributed by atoms with Crippen molar-refractivity contribution in [1.82, 2.24) is 14.5 Å². The fourth-order valence-corrected chi connectivity index (χ4v) is 5.31. The van der Waals surface area contributed by atoms with Crippen LogP contribution in [-0.4, -0.2) is 51.4 Å². The second-order valence-corrected chi connectivity index (χ2v) is 9.31. The molecule has 0 radical (unpaired) electrons. The lowest BCUT2D eigenvalue weighted by atomic mass is 10.1. The number of primary amides is 1. The van der Waals surface area contributed by atoms with Gasteiger partial charge in [0.25, 0.3) is 11.8 Å². The molecule has 36 heavy (non-hydrogen) atoms. The molecule has 2 amide bonds. The van der Waals surface area contributed by atoms with Crippen molar-refractivity contribution in [3.63, 3.8) is 0 Å².